The Labute approximate surface area is 129 Å². The van der Waals surface area contributed by atoms with Gasteiger partial charge in [0.05, 0.1) is 5.02 Å². The summed E-state index contributed by atoms with van der Waals surface area (Å²) >= 11 is 15.2. The Kier molecular flexibility index (Phi) is 4.85. The summed E-state index contributed by atoms with van der Waals surface area (Å²) in [6, 6.07) is 8.83. The monoisotopic (exact) mass is 361 g/mol. The largest absolute Gasteiger partial charge is 0.316 e. The van der Waals surface area contributed by atoms with Crippen LogP contribution in [0.15, 0.2) is 34.8 Å². The van der Waals surface area contributed by atoms with E-state index in [9.17, 15) is 4.39 Å². The van der Waals surface area contributed by atoms with Gasteiger partial charge in [0.2, 0.25) is 0 Å². The molecule has 5 heteroatoms. The average molecular weight is 363 g/mol. The zero-order chi connectivity index (χ0) is 14.0. The zero-order valence-electron chi connectivity index (χ0n) is 10.1. The summed E-state index contributed by atoms with van der Waals surface area (Å²) in [5.41, 5.74) is 2.13. The molecule has 0 saturated carbocycles. The Bertz CT molecular complexity index is 617. The average Bonchev–Trinajstić information content (AvgIpc) is 2.39. The summed E-state index contributed by atoms with van der Waals surface area (Å²) in [7, 11) is 1.83. The van der Waals surface area contributed by atoms with Gasteiger partial charge in [0.1, 0.15) is 0 Å². The van der Waals surface area contributed by atoms with Gasteiger partial charge in [0.15, 0.2) is 5.82 Å². The van der Waals surface area contributed by atoms with Crippen LogP contribution in [-0.4, -0.2) is 7.05 Å². The van der Waals surface area contributed by atoms with Crippen LogP contribution in [0.2, 0.25) is 10.0 Å². The van der Waals surface area contributed by atoms with Crippen molar-refractivity contribution in [2.75, 3.05) is 7.05 Å². The second-order valence-corrected chi connectivity index (χ2v) is 5.70. The molecule has 0 aliphatic heterocycles. The SMILES string of the molecule is CNCc1cc(-c2ccc(Br)c(Cl)c2F)ccc1Cl. The van der Waals surface area contributed by atoms with Crippen molar-refractivity contribution >= 4 is 39.1 Å². The van der Waals surface area contributed by atoms with E-state index in [1.807, 2.05) is 13.1 Å². The van der Waals surface area contributed by atoms with Crippen LogP contribution < -0.4 is 5.32 Å². The fourth-order valence-electron chi connectivity index (χ4n) is 1.82. The van der Waals surface area contributed by atoms with E-state index < -0.39 is 5.82 Å². The van der Waals surface area contributed by atoms with Crippen LogP contribution in [0.1, 0.15) is 5.56 Å². The van der Waals surface area contributed by atoms with Crippen molar-refractivity contribution in [1.82, 2.24) is 5.32 Å². The van der Waals surface area contributed by atoms with Crippen LogP contribution >= 0.6 is 39.1 Å². The van der Waals surface area contributed by atoms with Gasteiger partial charge in [-0.15, -0.1) is 0 Å². The molecular weight excluding hydrogens is 352 g/mol. The van der Waals surface area contributed by atoms with Gasteiger partial charge in [0.25, 0.3) is 0 Å². The van der Waals surface area contributed by atoms with Gasteiger partial charge in [-0.05, 0) is 52.3 Å². The van der Waals surface area contributed by atoms with Crippen LogP contribution in [0.4, 0.5) is 4.39 Å². The van der Waals surface area contributed by atoms with Crippen LogP contribution in [-0.2, 0) is 6.54 Å². The van der Waals surface area contributed by atoms with E-state index in [1.54, 1.807) is 24.3 Å². The lowest BCUT2D eigenvalue weighted by atomic mass is 10.0. The Balaban J connectivity index is 2.53. The first kappa shape index (κ1) is 14.8. The molecule has 0 amide bonds. The van der Waals surface area contributed by atoms with Crippen LogP contribution in [0.5, 0.6) is 0 Å². The fourth-order valence-corrected chi connectivity index (χ4v) is 2.47. The van der Waals surface area contributed by atoms with Crippen LogP contribution in [0.3, 0.4) is 0 Å². The van der Waals surface area contributed by atoms with Gasteiger partial charge >= 0.3 is 0 Å². The number of hydrogen-bond acceptors (Lipinski definition) is 1. The van der Waals surface area contributed by atoms with Gasteiger partial charge in [-0.2, -0.15) is 0 Å². The predicted molar refractivity (Wildman–Crippen MR) is 82.3 cm³/mol. The maximum Gasteiger partial charge on any atom is 0.150 e. The highest BCUT2D eigenvalue weighted by atomic mass is 79.9. The van der Waals surface area contributed by atoms with E-state index in [0.29, 0.717) is 21.6 Å². The lowest BCUT2D eigenvalue weighted by Gasteiger charge is -2.10. The van der Waals surface area contributed by atoms with E-state index in [1.165, 1.54) is 0 Å². The molecule has 0 heterocycles. The van der Waals surface area contributed by atoms with Crippen LogP contribution in [0, 0.1) is 5.82 Å². The summed E-state index contributed by atoms with van der Waals surface area (Å²) in [5.74, 6) is -0.436. The molecule has 0 spiro atoms. The molecule has 0 radical (unpaired) electrons. The molecule has 0 bridgehead atoms. The summed E-state index contributed by atoms with van der Waals surface area (Å²) in [6.07, 6.45) is 0. The number of halogens is 4. The van der Waals surface area contributed by atoms with E-state index in [0.717, 1.165) is 11.1 Å². The third-order valence-corrected chi connectivity index (χ3v) is 4.39. The molecule has 2 aromatic rings. The van der Waals surface area contributed by atoms with Crippen molar-refractivity contribution in [2.45, 2.75) is 6.54 Å². The lowest BCUT2D eigenvalue weighted by molar-refractivity contribution is 0.631. The van der Waals surface area contributed by atoms with Crippen molar-refractivity contribution in [1.29, 1.82) is 0 Å². The predicted octanol–water partition coefficient (Wildman–Crippen LogP) is 5.28. The second kappa shape index (κ2) is 6.23. The Morgan fingerprint density at radius 2 is 1.95 bits per heavy atom. The minimum Gasteiger partial charge on any atom is -0.316 e. The Morgan fingerprint density at radius 3 is 2.63 bits per heavy atom. The molecule has 1 nitrogen and oxygen atoms in total. The van der Waals surface area contributed by atoms with Crippen molar-refractivity contribution in [3.05, 3.63) is 56.2 Å². The summed E-state index contributed by atoms with van der Waals surface area (Å²) in [6.45, 7) is 0.624. The second-order valence-electron chi connectivity index (χ2n) is 4.06. The number of benzene rings is 2. The highest BCUT2D eigenvalue weighted by molar-refractivity contribution is 9.10. The lowest BCUT2D eigenvalue weighted by Crippen LogP contribution is -2.05. The van der Waals surface area contributed by atoms with Gasteiger partial charge in [-0.25, -0.2) is 4.39 Å². The molecule has 0 fully saturated rings. The molecule has 0 atom stereocenters. The topological polar surface area (TPSA) is 12.0 Å². The Morgan fingerprint density at radius 1 is 1.21 bits per heavy atom. The Hall–Kier alpha value is -0.610. The minimum atomic E-state index is -0.436. The summed E-state index contributed by atoms with van der Waals surface area (Å²) < 4.78 is 14.7. The van der Waals surface area contributed by atoms with Crippen molar-refractivity contribution in [3.8, 4) is 11.1 Å². The van der Waals surface area contributed by atoms with Crippen molar-refractivity contribution in [2.24, 2.45) is 0 Å². The van der Waals surface area contributed by atoms with Gasteiger partial charge in [0, 0.05) is 21.6 Å². The molecule has 0 aromatic heterocycles. The van der Waals surface area contributed by atoms with E-state index in [2.05, 4.69) is 21.2 Å². The smallest absolute Gasteiger partial charge is 0.150 e. The van der Waals surface area contributed by atoms with Gasteiger partial charge in [-0.3, -0.25) is 0 Å². The molecule has 0 unspecified atom stereocenters. The fraction of sp³-hybridized carbons (Fsp3) is 0.143. The van der Waals surface area contributed by atoms with Gasteiger partial charge < -0.3 is 5.32 Å². The van der Waals surface area contributed by atoms with Crippen LogP contribution in [0.25, 0.3) is 11.1 Å². The molecule has 0 aliphatic carbocycles. The number of hydrogen-bond donors (Lipinski definition) is 1. The standard InChI is InChI=1S/C14H11BrCl2FN/c1-19-7-9-6-8(2-5-12(9)16)10-3-4-11(15)13(17)14(10)18/h2-6,19H,7H2,1H3. The highest BCUT2D eigenvalue weighted by Crippen LogP contribution is 2.34. The molecule has 100 valence electrons. The van der Waals surface area contributed by atoms with Crippen molar-refractivity contribution < 1.29 is 4.39 Å². The van der Waals surface area contributed by atoms with Gasteiger partial charge in [-0.1, -0.05) is 35.3 Å². The molecular formula is C14H11BrCl2FN. The molecule has 2 aromatic carbocycles. The summed E-state index contributed by atoms with van der Waals surface area (Å²) in [4.78, 5) is 0. The van der Waals surface area contributed by atoms with Crippen molar-refractivity contribution in [3.63, 3.8) is 0 Å². The third-order valence-electron chi connectivity index (χ3n) is 2.76. The first-order valence-electron chi connectivity index (χ1n) is 5.61. The molecule has 1 N–H and O–H groups in total. The molecule has 2 rings (SSSR count). The molecule has 0 saturated heterocycles. The van der Waals surface area contributed by atoms with E-state index in [4.69, 9.17) is 23.2 Å². The maximum atomic E-state index is 14.2. The number of rotatable bonds is 3. The first-order chi connectivity index (χ1) is 9.04. The quantitative estimate of drug-likeness (QED) is 0.732. The molecule has 0 aliphatic rings. The summed E-state index contributed by atoms with van der Waals surface area (Å²) in [5, 5.41) is 3.77. The highest BCUT2D eigenvalue weighted by Gasteiger charge is 2.13. The first-order valence-corrected chi connectivity index (χ1v) is 7.16. The third kappa shape index (κ3) is 3.11. The minimum absolute atomic E-state index is 0.0858. The van der Waals surface area contributed by atoms with E-state index in [-0.39, 0.29) is 5.02 Å². The normalized spacial score (nSPS) is 10.8. The van der Waals surface area contributed by atoms with E-state index >= 15 is 0 Å². The molecule has 19 heavy (non-hydrogen) atoms. The number of nitrogens with one attached hydrogen (secondary N) is 1. The zero-order valence-corrected chi connectivity index (χ0v) is 13.2. The maximum absolute atomic E-state index is 14.2.